The largest absolute Gasteiger partial charge is 0.274 e. The number of benzene rings is 1. The van der Waals surface area contributed by atoms with Crippen LogP contribution in [0.3, 0.4) is 0 Å². The lowest BCUT2D eigenvalue weighted by atomic mass is 10.2. The highest BCUT2D eigenvalue weighted by Gasteiger charge is 2.04. The van der Waals surface area contributed by atoms with Crippen molar-refractivity contribution >= 4 is 5.91 Å². The first-order valence-electron chi connectivity index (χ1n) is 3.91. The van der Waals surface area contributed by atoms with E-state index in [1.807, 2.05) is 0 Å². The summed E-state index contributed by atoms with van der Waals surface area (Å²) in [6.07, 6.45) is 0. The quantitative estimate of drug-likeness (QED) is 0.721. The molecule has 13 heavy (non-hydrogen) atoms. The Morgan fingerprint density at radius 1 is 1.62 bits per heavy atom. The molecule has 0 aliphatic heterocycles. The van der Waals surface area contributed by atoms with E-state index in [0.717, 1.165) is 6.07 Å². The molecule has 0 aromatic heterocycles. The van der Waals surface area contributed by atoms with Gasteiger partial charge in [-0.1, -0.05) is 6.07 Å². The molecule has 1 aromatic carbocycles. The van der Waals surface area contributed by atoms with Crippen molar-refractivity contribution in [2.24, 2.45) is 0 Å². The lowest BCUT2D eigenvalue weighted by molar-refractivity contribution is 0.0364. The van der Waals surface area contributed by atoms with E-state index in [0.29, 0.717) is 6.61 Å². The molecule has 1 aromatic rings. The number of halogens is 1. The smallest absolute Gasteiger partial charge is 0.274 e. The second-order valence-electron chi connectivity index (χ2n) is 2.37. The molecule has 1 N–H and O–H groups in total. The van der Waals surface area contributed by atoms with E-state index in [2.05, 4.69) is 10.3 Å². The molecule has 0 spiro atoms. The van der Waals surface area contributed by atoms with Crippen molar-refractivity contribution in [2.75, 3.05) is 6.61 Å². The summed E-state index contributed by atoms with van der Waals surface area (Å²) in [6, 6.07) is 5.40. The molecule has 0 aliphatic rings. The third-order valence-corrected chi connectivity index (χ3v) is 1.40. The summed E-state index contributed by atoms with van der Waals surface area (Å²) in [7, 11) is 0. The average Bonchev–Trinajstić information content (AvgIpc) is 2.14. The molecule has 70 valence electrons. The van der Waals surface area contributed by atoms with Gasteiger partial charge in [0.1, 0.15) is 5.82 Å². The molecule has 0 bridgehead atoms. The van der Waals surface area contributed by atoms with E-state index in [-0.39, 0.29) is 5.56 Å². The summed E-state index contributed by atoms with van der Waals surface area (Å²) in [5.74, 6) is -0.884. The standard InChI is InChI=1S/C9H10FNO2/c1-2-13-11-9(12)7-4-3-5-8(10)6-7/h3-6H,2H2,1H3,(H,11,12). The average molecular weight is 183 g/mol. The number of rotatable bonds is 3. The second kappa shape index (κ2) is 4.57. The monoisotopic (exact) mass is 183 g/mol. The molecular formula is C9H10FNO2. The van der Waals surface area contributed by atoms with Crippen molar-refractivity contribution in [3.8, 4) is 0 Å². The lowest BCUT2D eigenvalue weighted by Gasteiger charge is -2.02. The Labute approximate surface area is 75.5 Å². The Morgan fingerprint density at radius 3 is 3.00 bits per heavy atom. The molecule has 4 heteroatoms. The maximum absolute atomic E-state index is 12.6. The van der Waals surface area contributed by atoms with Crippen LogP contribution in [-0.4, -0.2) is 12.5 Å². The van der Waals surface area contributed by atoms with E-state index in [1.54, 1.807) is 6.92 Å². The minimum atomic E-state index is -0.443. The fraction of sp³-hybridized carbons (Fsp3) is 0.222. The van der Waals surface area contributed by atoms with Crippen molar-refractivity contribution in [1.29, 1.82) is 0 Å². The van der Waals surface area contributed by atoms with Gasteiger partial charge in [0.15, 0.2) is 0 Å². The van der Waals surface area contributed by atoms with Gasteiger partial charge in [-0.3, -0.25) is 9.63 Å². The molecule has 0 unspecified atom stereocenters. The van der Waals surface area contributed by atoms with Gasteiger partial charge in [-0.05, 0) is 25.1 Å². The minimum absolute atomic E-state index is 0.244. The van der Waals surface area contributed by atoms with E-state index in [4.69, 9.17) is 0 Å². The van der Waals surface area contributed by atoms with Crippen LogP contribution in [0.1, 0.15) is 17.3 Å². The zero-order chi connectivity index (χ0) is 9.68. The SMILES string of the molecule is CCONC(=O)c1cccc(F)c1. The number of hydrogen-bond donors (Lipinski definition) is 1. The maximum Gasteiger partial charge on any atom is 0.274 e. The zero-order valence-corrected chi connectivity index (χ0v) is 7.21. The minimum Gasteiger partial charge on any atom is -0.274 e. The van der Waals surface area contributed by atoms with Gasteiger partial charge in [0.2, 0.25) is 0 Å². The zero-order valence-electron chi connectivity index (χ0n) is 7.21. The van der Waals surface area contributed by atoms with Crippen LogP contribution >= 0.6 is 0 Å². The van der Waals surface area contributed by atoms with Crippen LogP contribution in [0, 0.1) is 5.82 Å². The Kier molecular flexibility index (Phi) is 3.40. The fourth-order valence-electron chi connectivity index (χ4n) is 0.826. The number of hydrogen-bond acceptors (Lipinski definition) is 2. The van der Waals surface area contributed by atoms with Crippen LogP contribution in [-0.2, 0) is 4.84 Å². The van der Waals surface area contributed by atoms with Crippen LogP contribution in [0.15, 0.2) is 24.3 Å². The summed E-state index contributed by atoms with van der Waals surface area (Å²) in [5.41, 5.74) is 2.41. The van der Waals surface area contributed by atoms with E-state index in [1.165, 1.54) is 18.2 Å². The van der Waals surface area contributed by atoms with Crippen LogP contribution in [0.2, 0.25) is 0 Å². The first kappa shape index (κ1) is 9.67. The number of nitrogens with one attached hydrogen (secondary N) is 1. The van der Waals surface area contributed by atoms with Gasteiger partial charge in [-0.15, -0.1) is 0 Å². The highest BCUT2D eigenvalue weighted by atomic mass is 19.1. The molecule has 0 heterocycles. The van der Waals surface area contributed by atoms with Crippen molar-refractivity contribution in [1.82, 2.24) is 5.48 Å². The van der Waals surface area contributed by atoms with Gasteiger partial charge in [-0.2, -0.15) is 0 Å². The summed E-state index contributed by atoms with van der Waals surface area (Å²) >= 11 is 0. The topological polar surface area (TPSA) is 38.3 Å². The molecule has 0 saturated carbocycles. The van der Waals surface area contributed by atoms with Crippen molar-refractivity contribution < 1.29 is 14.0 Å². The van der Waals surface area contributed by atoms with Gasteiger partial charge >= 0.3 is 0 Å². The molecule has 1 amide bonds. The number of hydroxylamine groups is 1. The predicted molar refractivity (Wildman–Crippen MR) is 45.5 cm³/mol. The molecule has 0 saturated heterocycles. The van der Waals surface area contributed by atoms with Gasteiger partial charge in [0.05, 0.1) is 6.61 Å². The highest BCUT2D eigenvalue weighted by Crippen LogP contribution is 2.02. The lowest BCUT2D eigenvalue weighted by Crippen LogP contribution is -2.23. The van der Waals surface area contributed by atoms with Crippen molar-refractivity contribution in [3.63, 3.8) is 0 Å². The third kappa shape index (κ3) is 2.83. The van der Waals surface area contributed by atoms with Crippen LogP contribution in [0.25, 0.3) is 0 Å². The molecular weight excluding hydrogens is 173 g/mol. The van der Waals surface area contributed by atoms with Crippen molar-refractivity contribution in [3.05, 3.63) is 35.6 Å². The van der Waals surface area contributed by atoms with E-state index >= 15 is 0 Å². The number of carbonyl (C=O) groups is 1. The van der Waals surface area contributed by atoms with Gasteiger partial charge in [-0.25, -0.2) is 9.87 Å². The number of carbonyl (C=O) groups excluding carboxylic acids is 1. The Morgan fingerprint density at radius 2 is 2.38 bits per heavy atom. The predicted octanol–water partition coefficient (Wildman–Crippen LogP) is 1.51. The molecule has 0 aliphatic carbocycles. The maximum atomic E-state index is 12.6. The Balaban J connectivity index is 2.66. The normalized spacial score (nSPS) is 9.69. The molecule has 0 fully saturated rings. The Bertz CT molecular complexity index is 301. The summed E-state index contributed by atoms with van der Waals surface area (Å²) in [5, 5.41) is 0. The van der Waals surface area contributed by atoms with Crippen LogP contribution < -0.4 is 5.48 Å². The molecule has 0 atom stereocenters. The molecule has 0 radical (unpaired) electrons. The first-order chi connectivity index (χ1) is 6.24. The molecule has 1 rings (SSSR count). The fourth-order valence-corrected chi connectivity index (χ4v) is 0.826. The second-order valence-corrected chi connectivity index (χ2v) is 2.37. The van der Waals surface area contributed by atoms with Crippen LogP contribution in [0.4, 0.5) is 4.39 Å². The third-order valence-electron chi connectivity index (χ3n) is 1.40. The first-order valence-corrected chi connectivity index (χ1v) is 3.91. The summed E-state index contributed by atoms with van der Waals surface area (Å²) < 4.78 is 12.6. The summed E-state index contributed by atoms with van der Waals surface area (Å²) in [4.78, 5) is 15.8. The van der Waals surface area contributed by atoms with Gasteiger partial charge in [0, 0.05) is 5.56 Å². The summed E-state index contributed by atoms with van der Waals surface area (Å²) in [6.45, 7) is 2.12. The Hall–Kier alpha value is -1.42. The van der Waals surface area contributed by atoms with E-state index in [9.17, 15) is 9.18 Å². The highest BCUT2D eigenvalue weighted by molar-refractivity contribution is 5.93. The van der Waals surface area contributed by atoms with Gasteiger partial charge in [0.25, 0.3) is 5.91 Å². The van der Waals surface area contributed by atoms with Crippen molar-refractivity contribution in [2.45, 2.75) is 6.92 Å². The number of amides is 1. The molecule has 3 nitrogen and oxygen atoms in total. The van der Waals surface area contributed by atoms with Gasteiger partial charge < -0.3 is 0 Å². The van der Waals surface area contributed by atoms with E-state index < -0.39 is 11.7 Å². The van der Waals surface area contributed by atoms with Crippen LogP contribution in [0.5, 0.6) is 0 Å².